The highest BCUT2D eigenvalue weighted by molar-refractivity contribution is 6.04. The van der Waals surface area contributed by atoms with Crippen molar-refractivity contribution in [3.8, 4) is 11.1 Å². The fourth-order valence-corrected chi connectivity index (χ4v) is 4.33. The van der Waals surface area contributed by atoms with Gasteiger partial charge in [0.1, 0.15) is 5.82 Å². The predicted molar refractivity (Wildman–Crippen MR) is 121 cm³/mol. The molecule has 3 aromatic rings. The Kier molecular flexibility index (Phi) is 6.16. The first-order valence-corrected chi connectivity index (χ1v) is 11.1. The number of carbonyl (C=O) groups excluding carboxylic acids is 1. The van der Waals surface area contributed by atoms with Gasteiger partial charge in [-0.25, -0.2) is 9.18 Å². The van der Waals surface area contributed by atoms with Crippen LogP contribution in [0.5, 0.6) is 0 Å². The van der Waals surface area contributed by atoms with Gasteiger partial charge in [0.15, 0.2) is 0 Å². The van der Waals surface area contributed by atoms with Gasteiger partial charge in [0.25, 0.3) is 0 Å². The third-order valence-corrected chi connectivity index (χ3v) is 6.20. The summed E-state index contributed by atoms with van der Waals surface area (Å²) in [6, 6.07) is 5.07. The van der Waals surface area contributed by atoms with Gasteiger partial charge in [-0.1, -0.05) is 13.0 Å². The van der Waals surface area contributed by atoms with E-state index >= 15 is 0 Å². The first-order chi connectivity index (χ1) is 16.5. The van der Waals surface area contributed by atoms with Crippen molar-refractivity contribution >= 4 is 17.6 Å². The Morgan fingerprint density at radius 2 is 1.91 bits per heavy atom. The van der Waals surface area contributed by atoms with E-state index in [0.29, 0.717) is 29.3 Å². The third kappa shape index (κ3) is 4.65. The van der Waals surface area contributed by atoms with Gasteiger partial charge in [-0.2, -0.15) is 18.3 Å². The molecule has 0 aliphatic heterocycles. The summed E-state index contributed by atoms with van der Waals surface area (Å²) in [6.45, 7) is 4.38. The molecule has 1 heterocycles. The van der Waals surface area contributed by atoms with E-state index < -0.39 is 34.8 Å². The van der Waals surface area contributed by atoms with Crippen LogP contribution in [0.1, 0.15) is 53.2 Å². The van der Waals surface area contributed by atoms with E-state index in [4.69, 9.17) is 0 Å². The van der Waals surface area contributed by atoms with Gasteiger partial charge in [-0.15, -0.1) is 0 Å². The zero-order chi connectivity index (χ0) is 25.5. The van der Waals surface area contributed by atoms with Gasteiger partial charge in [0.2, 0.25) is 5.91 Å². The second kappa shape index (κ2) is 8.83. The van der Waals surface area contributed by atoms with Crippen molar-refractivity contribution in [1.29, 1.82) is 0 Å². The first kappa shape index (κ1) is 24.4. The molecule has 1 aliphatic carbocycles. The van der Waals surface area contributed by atoms with Crippen molar-refractivity contribution in [3.63, 3.8) is 0 Å². The topological polar surface area (TPSA) is 84.2 Å². The van der Waals surface area contributed by atoms with Crippen molar-refractivity contribution in [2.24, 2.45) is 0 Å². The summed E-state index contributed by atoms with van der Waals surface area (Å²) >= 11 is 0. The van der Waals surface area contributed by atoms with Crippen LogP contribution in [-0.2, 0) is 22.9 Å². The lowest BCUT2D eigenvalue weighted by molar-refractivity contribution is -0.137. The summed E-state index contributed by atoms with van der Waals surface area (Å²) in [4.78, 5) is 25.1. The summed E-state index contributed by atoms with van der Waals surface area (Å²) in [5.74, 6) is -2.90. The molecular weight excluding hydrogens is 466 g/mol. The lowest BCUT2D eigenvalue weighted by atomic mass is 9.92. The van der Waals surface area contributed by atoms with Gasteiger partial charge in [-0.3, -0.25) is 9.48 Å². The number of aryl methyl sites for hydroxylation is 2. The predicted octanol–water partition coefficient (Wildman–Crippen LogP) is 5.79. The van der Waals surface area contributed by atoms with E-state index in [1.54, 1.807) is 30.1 Å². The number of nitrogens with one attached hydrogen (secondary N) is 1. The molecule has 1 fully saturated rings. The van der Waals surface area contributed by atoms with Crippen molar-refractivity contribution in [3.05, 3.63) is 70.8 Å². The molecule has 0 bridgehead atoms. The number of benzene rings is 2. The average molecular weight is 489 g/mol. The SMILES string of the molecule is CCCn1cc(-c2c(C)cc(NC(=O)C3(c4ccc(C(F)(F)F)cc4F)CC3)cc2C(=O)O)cn1. The fraction of sp³-hybridized carbons (Fsp3) is 0.320. The number of nitrogens with zero attached hydrogens (tertiary/aromatic N) is 2. The standard InChI is InChI=1S/C25H23F4N3O3/c1-3-8-32-13-15(12-30-32)21-14(2)9-17(11-18(21)22(33)34)31-23(35)24(6-7-24)19-5-4-16(10-20(19)26)25(27,28)29/h4-5,9-13H,3,6-8H2,1-2H3,(H,31,35)(H,33,34). The summed E-state index contributed by atoms with van der Waals surface area (Å²) in [5, 5.41) is 16.7. The van der Waals surface area contributed by atoms with Crippen LogP contribution in [-0.4, -0.2) is 26.8 Å². The van der Waals surface area contributed by atoms with E-state index in [9.17, 15) is 32.3 Å². The molecule has 1 amide bonds. The molecule has 0 unspecified atom stereocenters. The smallest absolute Gasteiger partial charge is 0.416 e. The van der Waals surface area contributed by atoms with Crippen molar-refractivity contribution in [1.82, 2.24) is 9.78 Å². The van der Waals surface area contributed by atoms with E-state index in [2.05, 4.69) is 10.4 Å². The van der Waals surface area contributed by atoms with E-state index in [1.807, 2.05) is 6.92 Å². The number of aromatic carboxylic acids is 1. The molecule has 1 saturated carbocycles. The van der Waals surface area contributed by atoms with Crippen LogP contribution in [0.25, 0.3) is 11.1 Å². The zero-order valence-electron chi connectivity index (χ0n) is 19.0. The van der Waals surface area contributed by atoms with Gasteiger partial charge >= 0.3 is 12.1 Å². The zero-order valence-corrected chi connectivity index (χ0v) is 19.0. The number of hydrogen-bond acceptors (Lipinski definition) is 3. The highest BCUT2D eigenvalue weighted by Crippen LogP contribution is 2.50. The van der Waals surface area contributed by atoms with Gasteiger partial charge in [0, 0.05) is 35.1 Å². The Bertz CT molecular complexity index is 1310. The molecule has 2 N–H and O–H groups in total. The van der Waals surface area contributed by atoms with Crippen LogP contribution in [0.3, 0.4) is 0 Å². The van der Waals surface area contributed by atoms with Crippen LogP contribution in [0.15, 0.2) is 42.7 Å². The van der Waals surface area contributed by atoms with Crippen LogP contribution < -0.4 is 5.32 Å². The lowest BCUT2D eigenvalue weighted by Crippen LogP contribution is -2.29. The number of carboxylic acids is 1. The monoisotopic (exact) mass is 489 g/mol. The van der Waals surface area contributed by atoms with Crippen LogP contribution in [0.2, 0.25) is 0 Å². The molecule has 184 valence electrons. The number of carboxylic acid groups (broad SMARTS) is 1. The minimum Gasteiger partial charge on any atom is -0.478 e. The lowest BCUT2D eigenvalue weighted by Gasteiger charge is -2.19. The van der Waals surface area contributed by atoms with E-state index in [1.165, 1.54) is 6.07 Å². The normalized spacial score (nSPS) is 14.6. The molecular formula is C25H23F4N3O3. The number of anilines is 1. The molecule has 1 aliphatic rings. The van der Waals surface area contributed by atoms with Gasteiger partial charge < -0.3 is 10.4 Å². The summed E-state index contributed by atoms with van der Waals surface area (Å²) in [7, 11) is 0. The fourth-order valence-electron chi connectivity index (χ4n) is 4.33. The highest BCUT2D eigenvalue weighted by Gasteiger charge is 2.53. The van der Waals surface area contributed by atoms with Gasteiger partial charge in [-0.05, 0) is 56.0 Å². The molecule has 1 aromatic heterocycles. The van der Waals surface area contributed by atoms with Crippen LogP contribution in [0, 0.1) is 12.7 Å². The molecule has 2 aromatic carbocycles. The summed E-state index contributed by atoms with van der Waals surface area (Å²) < 4.78 is 55.0. The minimum absolute atomic E-state index is 0.0399. The molecule has 0 atom stereocenters. The van der Waals surface area contributed by atoms with Gasteiger partial charge in [0.05, 0.1) is 22.7 Å². The number of aromatic nitrogens is 2. The molecule has 35 heavy (non-hydrogen) atoms. The molecule has 4 rings (SSSR count). The van der Waals surface area contributed by atoms with Crippen molar-refractivity contribution in [2.45, 2.75) is 51.2 Å². The molecule has 0 radical (unpaired) electrons. The number of hydrogen-bond donors (Lipinski definition) is 2. The Labute approximate surface area is 198 Å². The summed E-state index contributed by atoms with van der Waals surface area (Å²) in [5.41, 5.74) is -0.708. The second-order valence-corrected chi connectivity index (χ2v) is 8.74. The van der Waals surface area contributed by atoms with E-state index in [0.717, 1.165) is 18.6 Å². The number of halogens is 4. The number of alkyl halides is 3. The minimum atomic E-state index is -4.70. The molecule has 0 saturated heterocycles. The molecule has 10 heteroatoms. The van der Waals surface area contributed by atoms with Crippen molar-refractivity contribution < 1.29 is 32.3 Å². The van der Waals surface area contributed by atoms with Crippen molar-refractivity contribution in [2.75, 3.05) is 5.32 Å². The Morgan fingerprint density at radius 3 is 2.49 bits per heavy atom. The Balaban J connectivity index is 1.64. The average Bonchev–Trinajstić information content (AvgIpc) is 3.45. The summed E-state index contributed by atoms with van der Waals surface area (Å²) in [6.07, 6.45) is 0.0234. The Morgan fingerprint density at radius 1 is 1.20 bits per heavy atom. The third-order valence-electron chi connectivity index (χ3n) is 6.20. The maximum absolute atomic E-state index is 14.6. The second-order valence-electron chi connectivity index (χ2n) is 8.74. The maximum Gasteiger partial charge on any atom is 0.416 e. The molecule has 0 spiro atoms. The Hall–Kier alpha value is -3.69. The maximum atomic E-state index is 14.6. The highest BCUT2D eigenvalue weighted by atomic mass is 19.4. The van der Waals surface area contributed by atoms with E-state index in [-0.39, 0.29) is 29.7 Å². The number of amides is 1. The molecule has 6 nitrogen and oxygen atoms in total. The number of carbonyl (C=O) groups is 2. The van der Waals surface area contributed by atoms with Crippen LogP contribution in [0.4, 0.5) is 23.2 Å². The first-order valence-electron chi connectivity index (χ1n) is 11.1. The largest absolute Gasteiger partial charge is 0.478 e. The number of rotatable bonds is 7. The quantitative estimate of drug-likeness (QED) is 0.411. The van der Waals surface area contributed by atoms with Crippen LogP contribution >= 0.6 is 0 Å².